The highest BCUT2D eigenvalue weighted by atomic mass is 35.5. The highest BCUT2D eigenvalue weighted by Gasteiger charge is 2.20. The molecule has 0 aliphatic rings. The van der Waals surface area contributed by atoms with E-state index in [9.17, 15) is 24.3 Å². The van der Waals surface area contributed by atoms with Gasteiger partial charge in [0.1, 0.15) is 22.8 Å². The highest BCUT2D eigenvalue weighted by molar-refractivity contribution is 6.38. The normalized spacial score (nSPS) is 10.3. The van der Waals surface area contributed by atoms with Crippen molar-refractivity contribution < 1.29 is 29.4 Å². The van der Waals surface area contributed by atoms with E-state index in [0.29, 0.717) is 27.4 Å². The Bertz CT molecular complexity index is 2350. The van der Waals surface area contributed by atoms with Crippen molar-refractivity contribution >= 4 is 74.5 Å². The minimum atomic E-state index is -1.10. The van der Waals surface area contributed by atoms with Crippen molar-refractivity contribution in [3.8, 4) is 0 Å². The topological polar surface area (TPSA) is 205 Å². The number of aryl methyl sites for hydroxylation is 2. The molecular formula is C38H37ClN8O6. The first kappa shape index (κ1) is 39.1. The molecule has 2 amide bonds. The number of anilines is 3. The predicted molar refractivity (Wildman–Crippen MR) is 204 cm³/mol. The first-order chi connectivity index (χ1) is 25.1. The third kappa shape index (κ3) is 9.36. The quantitative estimate of drug-likeness (QED) is 0.148. The molecule has 15 heteroatoms. The second-order valence-corrected chi connectivity index (χ2v) is 12.4. The Morgan fingerprint density at radius 2 is 1.15 bits per heavy atom. The molecule has 2 aromatic carbocycles. The summed E-state index contributed by atoms with van der Waals surface area (Å²) < 4.78 is 0. The summed E-state index contributed by atoms with van der Waals surface area (Å²) in [5.74, 6) is -2.31. The van der Waals surface area contributed by atoms with Crippen LogP contribution in [0.1, 0.15) is 52.6 Å². The smallest absolute Gasteiger partial charge is 0.339 e. The Balaban J connectivity index is 0.000000198. The molecule has 4 aromatic heterocycles. The fourth-order valence-electron chi connectivity index (χ4n) is 4.90. The number of aromatic carboxylic acids is 2. The van der Waals surface area contributed by atoms with Gasteiger partial charge in [-0.1, -0.05) is 34.9 Å². The molecule has 0 atom stereocenters. The zero-order valence-electron chi connectivity index (χ0n) is 29.7. The summed E-state index contributed by atoms with van der Waals surface area (Å²) in [6, 6.07) is 17.4. The summed E-state index contributed by atoms with van der Waals surface area (Å²) in [5, 5.41) is 22.9. The van der Waals surface area contributed by atoms with E-state index < -0.39 is 11.9 Å². The number of nitrogen functional groups attached to an aromatic ring is 1. The number of hydrogen-bond acceptors (Lipinski definition) is 10. The number of nitrogens with two attached hydrogens (primary N) is 1. The third-order valence-electron chi connectivity index (χ3n) is 7.60. The average Bonchev–Trinajstić information content (AvgIpc) is 3.12. The molecule has 6 aromatic rings. The second-order valence-electron chi connectivity index (χ2n) is 12.0. The van der Waals surface area contributed by atoms with E-state index in [4.69, 9.17) is 22.4 Å². The van der Waals surface area contributed by atoms with Crippen LogP contribution in [0.25, 0.3) is 21.8 Å². The summed E-state index contributed by atoms with van der Waals surface area (Å²) in [4.78, 5) is 65.6. The van der Waals surface area contributed by atoms with Crippen LogP contribution in [-0.2, 0) is 0 Å². The van der Waals surface area contributed by atoms with Crippen molar-refractivity contribution in [1.29, 1.82) is 0 Å². The van der Waals surface area contributed by atoms with Crippen LogP contribution in [0.3, 0.4) is 0 Å². The zero-order chi connectivity index (χ0) is 39.0. The van der Waals surface area contributed by atoms with Gasteiger partial charge in [-0.3, -0.25) is 19.6 Å². The maximum absolute atomic E-state index is 12.6. The molecule has 0 radical (unpaired) electrons. The number of fused-ring (bicyclic) bond motifs is 2. The molecule has 0 unspecified atom stereocenters. The van der Waals surface area contributed by atoms with Gasteiger partial charge in [-0.15, -0.1) is 0 Å². The van der Waals surface area contributed by atoms with E-state index in [1.807, 2.05) is 50.2 Å². The molecule has 0 saturated heterocycles. The van der Waals surface area contributed by atoms with Gasteiger partial charge in [0.15, 0.2) is 0 Å². The summed E-state index contributed by atoms with van der Waals surface area (Å²) in [6.45, 7) is 3.92. The van der Waals surface area contributed by atoms with E-state index in [1.54, 1.807) is 34.3 Å². The standard InChI is InChI=1S/C19H18N4O3.C13H13ClN2O.C6H6N2O2/c1-11-6-7-15-13(9-11)16(14(10-21-15)18(24)23(2)3)22-17-12(19(25)26)5-4-8-20-17;1-8-4-5-11-9(6-8)12(14)10(7-15-11)13(17)16(2)3;7-5-4(6(9)10)2-1-3-8-5/h4-10H,1-3H3,(H,25,26)(H,20,21,22);4-7H,1-3H3;1-3H,(H2,7,8)(H,9,10). The third-order valence-corrected chi connectivity index (χ3v) is 8.01. The van der Waals surface area contributed by atoms with Crippen molar-refractivity contribution in [3.05, 3.63) is 124 Å². The number of carbonyl (C=O) groups is 4. The first-order valence-electron chi connectivity index (χ1n) is 15.9. The molecule has 0 saturated carbocycles. The minimum Gasteiger partial charge on any atom is -0.478 e. The van der Waals surface area contributed by atoms with Gasteiger partial charge in [0.05, 0.1) is 32.9 Å². The van der Waals surface area contributed by atoms with E-state index in [0.717, 1.165) is 27.4 Å². The van der Waals surface area contributed by atoms with Crippen LogP contribution in [0.5, 0.6) is 0 Å². The van der Waals surface area contributed by atoms with Crippen molar-refractivity contribution in [2.24, 2.45) is 0 Å². The molecule has 53 heavy (non-hydrogen) atoms. The summed E-state index contributed by atoms with van der Waals surface area (Å²) in [5.41, 5.74) is 10.1. The van der Waals surface area contributed by atoms with Crippen LogP contribution in [0.4, 0.5) is 17.3 Å². The number of carboxylic acids is 2. The molecule has 14 nitrogen and oxygen atoms in total. The number of amides is 2. The van der Waals surface area contributed by atoms with E-state index in [1.165, 1.54) is 52.8 Å². The van der Waals surface area contributed by atoms with Crippen molar-refractivity contribution in [2.75, 3.05) is 39.2 Å². The summed E-state index contributed by atoms with van der Waals surface area (Å²) >= 11 is 6.26. The Morgan fingerprint density at radius 1 is 0.660 bits per heavy atom. The number of rotatable bonds is 6. The number of nitrogens with zero attached hydrogens (tertiary/aromatic N) is 6. The van der Waals surface area contributed by atoms with Gasteiger partial charge in [-0.2, -0.15) is 0 Å². The fourth-order valence-corrected chi connectivity index (χ4v) is 5.18. The fraction of sp³-hybridized carbons (Fsp3) is 0.158. The number of halogens is 1. The molecular weight excluding hydrogens is 700 g/mol. The Labute approximate surface area is 309 Å². The van der Waals surface area contributed by atoms with Crippen LogP contribution in [0.15, 0.2) is 85.5 Å². The van der Waals surface area contributed by atoms with E-state index >= 15 is 0 Å². The Hall–Kier alpha value is -6.67. The Morgan fingerprint density at radius 3 is 1.68 bits per heavy atom. The van der Waals surface area contributed by atoms with Crippen LogP contribution in [0, 0.1) is 13.8 Å². The molecule has 0 fully saturated rings. The van der Waals surface area contributed by atoms with E-state index in [2.05, 4.69) is 25.3 Å². The maximum Gasteiger partial charge on any atom is 0.339 e. The number of nitrogens with one attached hydrogen (secondary N) is 1. The van der Waals surface area contributed by atoms with Gasteiger partial charge >= 0.3 is 11.9 Å². The van der Waals surface area contributed by atoms with Crippen LogP contribution >= 0.6 is 11.6 Å². The molecule has 5 N–H and O–H groups in total. The summed E-state index contributed by atoms with van der Waals surface area (Å²) in [6.07, 6.45) is 5.96. The number of hydrogen-bond donors (Lipinski definition) is 4. The zero-order valence-corrected chi connectivity index (χ0v) is 30.5. The molecule has 0 bridgehead atoms. The van der Waals surface area contributed by atoms with Crippen molar-refractivity contribution in [3.63, 3.8) is 0 Å². The molecule has 0 aliphatic heterocycles. The van der Waals surface area contributed by atoms with Crippen molar-refractivity contribution in [2.45, 2.75) is 13.8 Å². The van der Waals surface area contributed by atoms with Crippen LogP contribution in [-0.4, -0.2) is 91.9 Å². The number of benzene rings is 2. The lowest BCUT2D eigenvalue weighted by Gasteiger charge is -2.17. The minimum absolute atomic E-state index is 0.0216. The number of carboxylic acid groups (broad SMARTS) is 2. The predicted octanol–water partition coefficient (Wildman–Crippen LogP) is 6.34. The lowest BCUT2D eigenvalue weighted by Crippen LogP contribution is -2.23. The molecule has 0 aliphatic carbocycles. The first-order valence-corrected chi connectivity index (χ1v) is 16.2. The highest BCUT2D eigenvalue weighted by Crippen LogP contribution is 2.31. The molecule has 0 spiro atoms. The maximum atomic E-state index is 12.6. The van der Waals surface area contributed by atoms with Gasteiger partial charge in [-0.25, -0.2) is 19.6 Å². The van der Waals surface area contributed by atoms with Crippen LogP contribution < -0.4 is 11.1 Å². The average molecular weight is 737 g/mol. The Kier molecular flexibility index (Phi) is 12.6. The van der Waals surface area contributed by atoms with Gasteiger partial charge < -0.3 is 31.1 Å². The van der Waals surface area contributed by atoms with E-state index in [-0.39, 0.29) is 34.6 Å². The number of carbonyl (C=O) groups excluding carboxylic acids is 2. The molecule has 4 heterocycles. The van der Waals surface area contributed by atoms with Gasteiger partial charge in [0.2, 0.25) is 0 Å². The lowest BCUT2D eigenvalue weighted by atomic mass is 10.1. The van der Waals surface area contributed by atoms with Crippen LogP contribution in [0.2, 0.25) is 5.02 Å². The monoisotopic (exact) mass is 736 g/mol. The lowest BCUT2D eigenvalue weighted by molar-refractivity contribution is 0.0686. The largest absolute Gasteiger partial charge is 0.478 e. The van der Waals surface area contributed by atoms with Crippen molar-refractivity contribution in [1.82, 2.24) is 29.7 Å². The van der Waals surface area contributed by atoms with Gasteiger partial charge in [0.25, 0.3) is 11.8 Å². The molecule has 6 rings (SSSR count). The summed E-state index contributed by atoms with van der Waals surface area (Å²) in [7, 11) is 6.68. The number of aromatic nitrogens is 4. The second kappa shape index (κ2) is 17.0. The molecule has 272 valence electrons. The number of pyridine rings is 4. The van der Waals surface area contributed by atoms with Gasteiger partial charge in [0, 0.05) is 63.8 Å². The SMILES string of the molecule is Cc1ccc2ncc(C(=O)N(C)C)c(Cl)c2c1.Cc1ccc2ncc(C(=O)N(C)C)c(Nc3ncccc3C(=O)O)c2c1.Nc1ncccc1C(=O)O. The van der Waals surface area contributed by atoms with Gasteiger partial charge in [-0.05, 0) is 62.4 Å².